The minimum Gasteiger partial charge on any atom is -0.316 e. The van der Waals surface area contributed by atoms with Crippen LogP contribution in [0.4, 0.5) is 0 Å². The quantitative estimate of drug-likeness (QED) is 0.541. The fourth-order valence-electron chi connectivity index (χ4n) is 0.957. The molecule has 1 aliphatic heterocycles. The highest BCUT2D eigenvalue weighted by Crippen LogP contribution is 2.34. The average molecular weight is 197 g/mol. The maximum Gasteiger partial charge on any atom is 0.375 e. The molecule has 0 unspecified atom stereocenters. The third kappa shape index (κ3) is 2.26. The molecule has 4 heteroatoms. The van der Waals surface area contributed by atoms with Crippen LogP contribution in [0, 0.1) is 6.92 Å². The van der Waals surface area contributed by atoms with Gasteiger partial charge in [0.2, 0.25) is 0 Å². The van der Waals surface area contributed by atoms with E-state index in [2.05, 4.69) is 10.2 Å². The van der Waals surface area contributed by atoms with Gasteiger partial charge in [-0.2, -0.15) is 0 Å². The van der Waals surface area contributed by atoms with E-state index in [0.717, 1.165) is 5.56 Å². The molecule has 0 saturated carbocycles. The van der Waals surface area contributed by atoms with Crippen molar-refractivity contribution in [1.82, 2.24) is 0 Å². The van der Waals surface area contributed by atoms with Crippen LogP contribution in [0.2, 0.25) is 0 Å². The first kappa shape index (κ1) is 8.66. The highest BCUT2D eigenvalue weighted by molar-refractivity contribution is 6.23. The number of alkyl halides is 1. The third-order valence-electron chi connectivity index (χ3n) is 1.80. The molecule has 0 bridgehead atoms. The largest absolute Gasteiger partial charge is 0.375 e. The molecule has 0 atom stereocenters. The summed E-state index contributed by atoms with van der Waals surface area (Å²) in [4.78, 5) is 0. The van der Waals surface area contributed by atoms with Gasteiger partial charge in [-0.25, -0.2) is 0 Å². The van der Waals surface area contributed by atoms with E-state index in [1.807, 2.05) is 31.2 Å². The molecule has 68 valence electrons. The van der Waals surface area contributed by atoms with Crippen LogP contribution < -0.4 is 0 Å². The molecule has 13 heavy (non-hydrogen) atoms. The van der Waals surface area contributed by atoms with Gasteiger partial charge in [-0.05, 0) is 24.1 Å². The molecule has 0 spiro atoms. The Kier molecular flexibility index (Phi) is 2.06. The molecule has 0 fully saturated rings. The van der Waals surface area contributed by atoms with E-state index in [9.17, 15) is 0 Å². The molecule has 1 aromatic carbocycles. The Morgan fingerprint density at radius 3 is 2.46 bits per heavy atom. The number of aryl methyl sites for hydroxylation is 1. The number of halogens is 1. The van der Waals surface area contributed by atoms with Crippen molar-refractivity contribution in [3.05, 3.63) is 35.4 Å². The average Bonchev–Trinajstić information content (AvgIpc) is 2.84. The zero-order valence-corrected chi connectivity index (χ0v) is 7.95. The first-order valence-electron chi connectivity index (χ1n) is 4.00. The molecule has 0 N–H and O–H groups in total. The van der Waals surface area contributed by atoms with Gasteiger partial charge in [0.25, 0.3) is 0 Å². The summed E-state index contributed by atoms with van der Waals surface area (Å²) in [5, 5.41) is 5.99. The Hall–Kier alpha value is -0.930. The van der Waals surface area contributed by atoms with Crippen molar-refractivity contribution >= 4 is 11.6 Å². The van der Waals surface area contributed by atoms with Crippen LogP contribution in [0.5, 0.6) is 0 Å². The number of nitrogens with zero attached hydrogens (tertiary/aromatic N) is 2. The summed E-state index contributed by atoms with van der Waals surface area (Å²) in [6, 6.07) is 8.05. The van der Waals surface area contributed by atoms with Crippen LogP contribution in [-0.4, -0.2) is 5.31 Å². The van der Waals surface area contributed by atoms with E-state index in [1.165, 1.54) is 5.56 Å². The molecular weight excluding hydrogens is 188 g/mol. The van der Waals surface area contributed by atoms with Crippen molar-refractivity contribution in [2.45, 2.75) is 18.8 Å². The van der Waals surface area contributed by atoms with Gasteiger partial charge in [-0.15, -0.1) is 10.2 Å². The maximum atomic E-state index is 5.67. The molecule has 0 radical (unpaired) electrons. The molecule has 3 nitrogen and oxygen atoms in total. The van der Waals surface area contributed by atoms with Crippen LogP contribution >= 0.6 is 11.6 Å². The fourth-order valence-corrected chi connectivity index (χ4v) is 1.05. The van der Waals surface area contributed by atoms with Gasteiger partial charge < -0.3 is 4.74 Å². The Morgan fingerprint density at radius 1 is 1.31 bits per heavy atom. The van der Waals surface area contributed by atoms with Gasteiger partial charge in [0, 0.05) is 0 Å². The smallest absolute Gasteiger partial charge is 0.316 e. The number of hydrogen-bond donors (Lipinski definition) is 0. The van der Waals surface area contributed by atoms with Crippen LogP contribution in [0.3, 0.4) is 0 Å². The Bertz CT molecular complexity index is 328. The van der Waals surface area contributed by atoms with E-state index in [-0.39, 0.29) is 0 Å². The lowest BCUT2D eigenvalue weighted by Crippen LogP contribution is -2.06. The second kappa shape index (κ2) is 3.09. The van der Waals surface area contributed by atoms with E-state index < -0.39 is 5.31 Å². The number of benzene rings is 1. The molecule has 1 aromatic rings. The summed E-state index contributed by atoms with van der Waals surface area (Å²) in [5.74, 6) is 0. The van der Waals surface area contributed by atoms with Gasteiger partial charge in [0.05, 0.1) is 6.61 Å². The normalized spacial score (nSPS) is 17.4. The monoisotopic (exact) mass is 196 g/mol. The zero-order chi connectivity index (χ0) is 9.31. The predicted molar refractivity (Wildman–Crippen MR) is 49.4 cm³/mol. The van der Waals surface area contributed by atoms with Crippen molar-refractivity contribution in [1.29, 1.82) is 0 Å². The first-order chi connectivity index (χ1) is 6.18. The molecule has 0 saturated heterocycles. The van der Waals surface area contributed by atoms with Crippen molar-refractivity contribution in [2.75, 3.05) is 0 Å². The first-order valence-corrected chi connectivity index (χ1v) is 4.38. The molecule has 2 rings (SSSR count). The van der Waals surface area contributed by atoms with E-state index in [0.29, 0.717) is 6.61 Å². The van der Waals surface area contributed by atoms with E-state index in [4.69, 9.17) is 16.3 Å². The summed E-state index contributed by atoms with van der Waals surface area (Å²) in [6.45, 7) is 2.48. The third-order valence-corrected chi connectivity index (χ3v) is 2.06. The number of ether oxygens (including phenoxy) is 1. The molecule has 1 heterocycles. The van der Waals surface area contributed by atoms with Gasteiger partial charge in [0.15, 0.2) is 0 Å². The standard InChI is InChI=1S/C9H9ClN2O/c1-7-2-4-8(5-3-7)6-13-9(10)11-12-9/h2-5H,6H2,1H3. The van der Waals surface area contributed by atoms with Crippen molar-refractivity contribution in [2.24, 2.45) is 10.2 Å². The Balaban J connectivity index is 1.91. The lowest BCUT2D eigenvalue weighted by Gasteiger charge is -2.04. The number of hydrogen-bond acceptors (Lipinski definition) is 3. The topological polar surface area (TPSA) is 34.0 Å². The van der Waals surface area contributed by atoms with Crippen LogP contribution in [-0.2, 0) is 11.3 Å². The minimum atomic E-state index is -1.08. The van der Waals surface area contributed by atoms with Crippen LogP contribution in [0.25, 0.3) is 0 Å². The highest BCUT2D eigenvalue weighted by Gasteiger charge is 2.38. The predicted octanol–water partition coefficient (Wildman–Crippen LogP) is 2.83. The summed E-state index contributed by atoms with van der Waals surface area (Å²) in [7, 11) is 0. The van der Waals surface area contributed by atoms with Gasteiger partial charge in [-0.1, -0.05) is 29.8 Å². The van der Waals surface area contributed by atoms with Crippen molar-refractivity contribution in [3.63, 3.8) is 0 Å². The summed E-state index contributed by atoms with van der Waals surface area (Å²) in [5.41, 5.74) is 2.30. The second-order valence-electron chi connectivity index (χ2n) is 3.00. The molecule has 0 aromatic heterocycles. The van der Waals surface area contributed by atoms with Gasteiger partial charge in [0.1, 0.15) is 0 Å². The lowest BCUT2D eigenvalue weighted by atomic mass is 10.2. The van der Waals surface area contributed by atoms with Crippen LogP contribution in [0.15, 0.2) is 34.5 Å². The molecule has 1 aliphatic rings. The maximum absolute atomic E-state index is 5.67. The summed E-state index contributed by atoms with van der Waals surface area (Å²) >= 11 is 5.67. The zero-order valence-electron chi connectivity index (χ0n) is 7.20. The molecular formula is C9H9ClN2O. The molecule has 0 amide bonds. The highest BCUT2D eigenvalue weighted by atomic mass is 35.5. The van der Waals surface area contributed by atoms with Crippen molar-refractivity contribution < 1.29 is 4.74 Å². The fraction of sp³-hybridized carbons (Fsp3) is 0.333. The van der Waals surface area contributed by atoms with Gasteiger partial charge in [-0.3, -0.25) is 0 Å². The Morgan fingerprint density at radius 2 is 1.92 bits per heavy atom. The summed E-state index contributed by atoms with van der Waals surface area (Å²) < 4.78 is 5.20. The van der Waals surface area contributed by atoms with E-state index >= 15 is 0 Å². The van der Waals surface area contributed by atoms with Crippen LogP contribution in [0.1, 0.15) is 11.1 Å². The van der Waals surface area contributed by atoms with E-state index in [1.54, 1.807) is 0 Å². The van der Waals surface area contributed by atoms with Crippen molar-refractivity contribution in [3.8, 4) is 0 Å². The minimum absolute atomic E-state index is 0.441. The Labute approximate surface area is 81.4 Å². The second-order valence-corrected chi connectivity index (χ2v) is 3.50. The number of rotatable bonds is 3. The lowest BCUT2D eigenvalue weighted by molar-refractivity contribution is 0.0650. The van der Waals surface area contributed by atoms with Gasteiger partial charge >= 0.3 is 5.31 Å². The molecule has 0 aliphatic carbocycles. The SMILES string of the molecule is Cc1ccc(COC2(Cl)N=N2)cc1. The summed E-state index contributed by atoms with van der Waals surface area (Å²) in [6.07, 6.45) is 0.